The number of rotatable bonds is 4. The molecule has 1 aliphatic heterocycles. The second-order valence-electron chi connectivity index (χ2n) is 6.02. The van der Waals surface area contributed by atoms with Crippen molar-refractivity contribution in [2.45, 2.75) is 12.8 Å². The molecule has 142 valence electrons. The molecular formula is C17H16ClN3O5S. The molecule has 0 unspecified atom stereocenters. The molecule has 0 saturated carbocycles. The van der Waals surface area contributed by atoms with Gasteiger partial charge in [0, 0.05) is 24.2 Å². The van der Waals surface area contributed by atoms with Crippen LogP contribution in [0.1, 0.15) is 23.2 Å². The minimum absolute atomic E-state index is 0.112. The number of hydrogen-bond donors (Lipinski definition) is 1. The quantitative estimate of drug-likeness (QED) is 0.614. The van der Waals surface area contributed by atoms with Crippen molar-refractivity contribution >= 4 is 44.6 Å². The molecule has 0 aromatic heterocycles. The van der Waals surface area contributed by atoms with Crippen molar-refractivity contribution in [2.75, 3.05) is 21.9 Å². The molecule has 1 amide bonds. The van der Waals surface area contributed by atoms with Crippen molar-refractivity contribution in [2.24, 2.45) is 0 Å². The Balaban J connectivity index is 1.79. The Morgan fingerprint density at radius 3 is 2.48 bits per heavy atom. The van der Waals surface area contributed by atoms with E-state index < -0.39 is 20.9 Å². The highest BCUT2D eigenvalue weighted by molar-refractivity contribution is 7.92. The molecule has 1 saturated heterocycles. The molecule has 0 radical (unpaired) electrons. The number of amides is 1. The van der Waals surface area contributed by atoms with Gasteiger partial charge in [-0.05, 0) is 43.2 Å². The van der Waals surface area contributed by atoms with Crippen LogP contribution < -0.4 is 9.62 Å². The zero-order valence-corrected chi connectivity index (χ0v) is 15.7. The van der Waals surface area contributed by atoms with Crippen LogP contribution in [0.4, 0.5) is 17.1 Å². The largest absolute Gasteiger partial charge is 0.320 e. The van der Waals surface area contributed by atoms with Gasteiger partial charge in [-0.2, -0.15) is 0 Å². The molecule has 3 rings (SSSR count). The number of carbonyl (C=O) groups excluding carboxylic acids is 1. The van der Waals surface area contributed by atoms with Crippen LogP contribution in [-0.2, 0) is 10.0 Å². The number of nitro benzene ring substituents is 1. The Bertz CT molecular complexity index is 992. The molecule has 2 aromatic carbocycles. The zero-order chi connectivity index (χ0) is 19.6. The second-order valence-corrected chi connectivity index (χ2v) is 8.44. The predicted molar refractivity (Wildman–Crippen MR) is 103 cm³/mol. The minimum atomic E-state index is -3.33. The van der Waals surface area contributed by atoms with Crippen molar-refractivity contribution in [3.8, 4) is 0 Å². The molecule has 0 bridgehead atoms. The number of non-ortho nitro benzene ring substituents is 1. The molecule has 2 aromatic rings. The number of halogens is 1. The Morgan fingerprint density at radius 2 is 1.85 bits per heavy atom. The SMILES string of the molecule is O=C(Nc1cc([N+](=O)[O-])ccc1Cl)c1ccc(N2CCCCS2(=O)=O)cc1. The maximum atomic E-state index is 12.4. The highest BCUT2D eigenvalue weighted by Crippen LogP contribution is 2.28. The van der Waals surface area contributed by atoms with Gasteiger partial charge in [-0.3, -0.25) is 19.2 Å². The maximum absolute atomic E-state index is 12.4. The van der Waals surface area contributed by atoms with E-state index >= 15 is 0 Å². The number of sulfonamides is 1. The number of carbonyl (C=O) groups is 1. The van der Waals surface area contributed by atoms with Gasteiger partial charge in [0.1, 0.15) is 0 Å². The second kappa shape index (κ2) is 7.53. The van der Waals surface area contributed by atoms with E-state index in [0.29, 0.717) is 18.7 Å². The van der Waals surface area contributed by atoms with Gasteiger partial charge in [-0.1, -0.05) is 11.6 Å². The number of nitrogens with one attached hydrogen (secondary N) is 1. The van der Waals surface area contributed by atoms with E-state index in [1.165, 1.54) is 34.6 Å². The van der Waals surface area contributed by atoms with Gasteiger partial charge in [-0.25, -0.2) is 8.42 Å². The van der Waals surface area contributed by atoms with E-state index in [2.05, 4.69) is 5.32 Å². The molecule has 1 N–H and O–H groups in total. The molecule has 1 aliphatic rings. The van der Waals surface area contributed by atoms with Crippen LogP contribution in [0.15, 0.2) is 42.5 Å². The molecule has 1 heterocycles. The average Bonchev–Trinajstić information content (AvgIpc) is 2.63. The smallest absolute Gasteiger partial charge is 0.271 e. The summed E-state index contributed by atoms with van der Waals surface area (Å²) in [7, 11) is -3.33. The van der Waals surface area contributed by atoms with Gasteiger partial charge in [0.15, 0.2) is 0 Å². The lowest BCUT2D eigenvalue weighted by Crippen LogP contribution is -2.37. The van der Waals surface area contributed by atoms with Crippen molar-refractivity contribution in [1.82, 2.24) is 0 Å². The third-order valence-corrected chi connectivity index (χ3v) is 6.37. The third-order valence-electron chi connectivity index (χ3n) is 4.18. The van der Waals surface area contributed by atoms with Crippen molar-refractivity contribution in [1.29, 1.82) is 0 Å². The van der Waals surface area contributed by atoms with Crippen LogP contribution in [-0.4, -0.2) is 31.5 Å². The van der Waals surface area contributed by atoms with E-state index in [4.69, 9.17) is 11.6 Å². The fourth-order valence-corrected chi connectivity index (χ4v) is 4.58. The molecular weight excluding hydrogens is 394 g/mol. The van der Waals surface area contributed by atoms with Crippen LogP contribution in [0.25, 0.3) is 0 Å². The lowest BCUT2D eigenvalue weighted by molar-refractivity contribution is -0.384. The third kappa shape index (κ3) is 4.20. The Kier molecular flexibility index (Phi) is 5.33. The standard InChI is InChI=1S/C17H16ClN3O5S/c18-15-8-7-14(21(23)24)11-16(15)19-17(22)12-3-5-13(6-4-12)20-9-1-2-10-27(20,25)26/h3-8,11H,1-2,9-10H2,(H,19,22). The Hall–Kier alpha value is -2.65. The number of nitrogens with zero attached hydrogens (tertiary/aromatic N) is 2. The Morgan fingerprint density at radius 1 is 1.15 bits per heavy atom. The summed E-state index contributed by atoms with van der Waals surface area (Å²) in [6.45, 7) is 0.414. The highest BCUT2D eigenvalue weighted by Gasteiger charge is 2.26. The number of benzene rings is 2. The van der Waals surface area contributed by atoms with Gasteiger partial charge >= 0.3 is 0 Å². The lowest BCUT2D eigenvalue weighted by atomic mass is 10.1. The van der Waals surface area contributed by atoms with Gasteiger partial charge in [0.2, 0.25) is 10.0 Å². The van der Waals surface area contributed by atoms with Crippen molar-refractivity contribution in [3.05, 3.63) is 63.2 Å². The summed E-state index contributed by atoms with van der Waals surface area (Å²) in [6, 6.07) is 9.88. The summed E-state index contributed by atoms with van der Waals surface area (Å²) < 4.78 is 25.6. The van der Waals surface area contributed by atoms with E-state index in [1.54, 1.807) is 12.1 Å². The van der Waals surface area contributed by atoms with Crippen LogP contribution in [0.5, 0.6) is 0 Å². The normalized spacial score (nSPS) is 16.0. The summed E-state index contributed by atoms with van der Waals surface area (Å²) in [6.07, 6.45) is 1.43. The van der Waals surface area contributed by atoms with E-state index in [1.807, 2.05) is 0 Å². The predicted octanol–water partition coefficient (Wildman–Crippen LogP) is 3.43. The first kappa shape index (κ1) is 19.1. The average molecular weight is 410 g/mol. The summed E-state index contributed by atoms with van der Waals surface area (Å²) in [5, 5.41) is 13.6. The van der Waals surface area contributed by atoms with Crippen molar-refractivity contribution in [3.63, 3.8) is 0 Å². The molecule has 0 spiro atoms. The summed E-state index contributed by atoms with van der Waals surface area (Å²) in [5.41, 5.74) is 0.703. The van der Waals surface area contributed by atoms with Gasteiger partial charge in [0.05, 0.1) is 27.1 Å². The number of nitro groups is 1. The monoisotopic (exact) mass is 409 g/mol. The fourth-order valence-electron chi connectivity index (χ4n) is 2.78. The zero-order valence-electron chi connectivity index (χ0n) is 14.1. The summed E-state index contributed by atoms with van der Waals surface area (Å²) in [5.74, 6) is -0.397. The first-order valence-electron chi connectivity index (χ1n) is 8.14. The fraction of sp³-hybridized carbons (Fsp3) is 0.235. The van der Waals surface area contributed by atoms with Crippen molar-refractivity contribution < 1.29 is 18.1 Å². The summed E-state index contributed by atoms with van der Waals surface area (Å²) >= 11 is 5.98. The van der Waals surface area contributed by atoms with Crippen LogP contribution in [0, 0.1) is 10.1 Å². The molecule has 27 heavy (non-hydrogen) atoms. The minimum Gasteiger partial charge on any atom is -0.320 e. The lowest BCUT2D eigenvalue weighted by Gasteiger charge is -2.28. The molecule has 10 heteroatoms. The van der Waals surface area contributed by atoms with Gasteiger partial charge in [0.25, 0.3) is 11.6 Å². The Labute approximate surface area is 160 Å². The topological polar surface area (TPSA) is 110 Å². The first-order chi connectivity index (χ1) is 12.8. The van der Waals surface area contributed by atoms with Gasteiger partial charge in [-0.15, -0.1) is 0 Å². The van der Waals surface area contributed by atoms with E-state index in [9.17, 15) is 23.3 Å². The van der Waals surface area contributed by atoms with Crippen LogP contribution in [0.2, 0.25) is 5.02 Å². The molecule has 0 atom stereocenters. The van der Waals surface area contributed by atoms with E-state index in [0.717, 1.165) is 6.42 Å². The number of anilines is 2. The van der Waals surface area contributed by atoms with Gasteiger partial charge < -0.3 is 5.32 Å². The molecule has 1 fully saturated rings. The number of hydrogen-bond acceptors (Lipinski definition) is 5. The molecule has 8 nitrogen and oxygen atoms in total. The highest BCUT2D eigenvalue weighted by atomic mass is 35.5. The van der Waals surface area contributed by atoms with Crippen LogP contribution in [0.3, 0.4) is 0 Å². The van der Waals surface area contributed by atoms with Crippen LogP contribution >= 0.6 is 11.6 Å². The van der Waals surface area contributed by atoms with E-state index in [-0.39, 0.29) is 27.7 Å². The molecule has 0 aliphatic carbocycles. The first-order valence-corrected chi connectivity index (χ1v) is 10.1. The maximum Gasteiger partial charge on any atom is 0.271 e. The summed E-state index contributed by atoms with van der Waals surface area (Å²) in [4.78, 5) is 22.7.